The van der Waals surface area contributed by atoms with E-state index in [0.29, 0.717) is 0 Å². The van der Waals surface area contributed by atoms with Gasteiger partial charge in [-0.2, -0.15) is 4.99 Å². The number of aliphatic imine (C=N–C) groups is 1. The summed E-state index contributed by atoms with van der Waals surface area (Å²) in [7, 11) is 0. The Balaban J connectivity index is 1.72. The van der Waals surface area contributed by atoms with E-state index in [-0.39, 0.29) is 18.0 Å². The number of rotatable bonds is 2. The number of urea groups is 1. The standard InChI is InChI=1S/C20H19N3O/c24-20-22-18(15-9-5-2-6-10-15)17-13-21-12-16(19(17)23-20)11-14-7-3-1-4-8-14/h1-11,17-18,21H,12-13H2,(H,22,24)/b16-11+. The molecule has 4 rings (SSSR count). The van der Waals surface area contributed by atoms with Crippen molar-refractivity contribution in [3.63, 3.8) is 0 Å². The fraction of sp³-hybridized carbons (Fsp3) is 0.200. The number of carbonyl (C=O) groups is 1. The third-order valence-corrected chi connectivity index (χ3v) is 4.56. The van der Waals surface area contributed by atoms with Crippen molar-refractivity contribution in [3.05, 3.63) is 77.4 Å². The molecular formula is C20H19N3O. The smallest absolute Gasteiger partial charge is 0.329 e. The van der Waals surface area contributed by atoms with Crippen molar-refractivity contribution in [2.24, 2.45) is 10.9 Å². The number of amides is 2. The molecule has 2 heterocycles. The maximum atomic E-state index is 12.2. The van der Waals surface area contributed by atoms with Crippen molar-refractivity contribution in [3.8, 4) is 0 Å². The first kappa shape index (κ1) is 14.8. The first-order chi connectivity index (χ1) is 11.8. The highest BCUT2D eigenvalue weighted by Crippen LogP contribution is 2.31. The minimum atomic E-state index is -0.254. The number of piperidine rings is 1. The molecule has 0 bridgehead atoms. The zero-order chi connectivity index (χ0) is 16.4. The quantitative estimate of drug-likeness (QED) is 0.894. The third kappa shape index (κ3) is 2.88. The van der Waals surface area contributed by atoms with Gasteiger partial charge < -0.3 is 10.6 Å². The van der Waals surface area contributed by atoms with Crippen molar-refractivity contribution in [2.75, 3.05) is 13.1 Å². The summed E-state index contributed by atoms with van der Waals surface area (Å²) in [5, 5.41) is 6.49. The highest BCUT2D eigenvalue weighted by molar-refractivity contribution is 6.12. The zero-order valence-electron chi connectivity index (χ0n) is 13.3. The Morgan fingerprint density at radius 1 is 1.00 bits per heavy atom. The van der Waals surface area contributed by atoms with Gasteiger partial charge in [-0.15, -0.1) is 0 Å². The van der Waals surface area contributed by atoms with Crippen molar-refractivity contribution < 1.29 is 4.79 Å². The average Bonchev–Trinajstić information content (AvgIpc) is 2.63. The Bertz CT molecular complexity index is 796. The van der Waals surface area contributed by atoms with Gasteiger partial charge in [-0.1, -0.05) is 60.7 Å². The van der Waals surface area contributed by atoms with Crippen LogP contribution in [0.15, 0.2) is 71.2 Å². The van der Waals surface area contributed by atoms with Gasteiger partial charge in [0.15, 0.2) is 0 Å². The lowest BCUT2D eigenvalue weighted by molar-refractivity contribution is 0.239. The molecule has 0 radical (unpaired) electrons. The molecule has 2 aromatic rings. The van der Waals surface area contributed by atoms with Gasteiger partial charge in [-0.25, -0.2) is 4.79 Å². The summed E-state index contributed by atoms with van der Waals surface area (Å²) >= 11 is 0. The lowest BCUT2D eigenvalue weighted by atomic mass is 9.82. The van der Waals surface area contributed by atoms with E-state index in [1.54, 1.807) is 0 Å². The van der Waals surface area contributed by atoms with Crippen LogP contribution in [0.4, 0.5) is 4.79 Å². The minimum Gasteiger partial charge on any atom is -0.329 e. The molecule has 2 aliphatic rings. The molecule has 0 aliphatic carbocycles. The van der Waals surface area contributed by atoms with E-state index in [4.69, 9.17) is 0 Å². The largest absolute Gasteiger partial charge is 0.341 e. The summed E-state index contributed by atoms with van der Waals surface area (Å²) in [4.78, 5) is 16.5. The normalized spacial score (nSPS) is 24.9. The molecule has 2 aromatic carbocycles. The summed E-state index contributed by atoms with van der Waals surface area (Å²) in [5.41, 5.74) is 4.24. The van der Waals surface area contributed by atoms with Crippen molar-refractivity contribution in [1.82, 2.24) is 10.6 Å². The summed E-state index contributed by atoms with van der Waals surface area (Å²) in [6.45, 7) is 1.55. The van der Waals surface area contributed by atoms with Crippen LogP contribution in [0.25, 0.3) is 6.08 Å². The summed E-state index contributed by atoms with van der Waals surface area (Å²) in [6, 6.07) is 20.0. The van der Waals surface area contributed by atoms with Crippen LogP contribution >= 0.6 is 0 Å². The second kappa shape index (κ2) is 6.42. The maximum Gasteiger partial charge on any atom is 0.341 e. The monoisotopic (exact) mass is 317 g/mol. The van der Waals surface area contributed by atoms with E-state index < -0.39 is 0 Å². The molecule has 2 aliphatic heterocycles. The van der Waals surface area contributed by atoms with Gasteiger partial charge >= 0.3 is 6.03 Å². The summed E-state index contributed by atoms with van der Waals surface area (Å²) in [5.74, 6) is 0.147. The Morgan fingerprint density at radius 3 is 2.46 bits per heavy atom. The number of carbonyl (C=O) groups excluding carboxylic acids is 1. The van der Waals surface area contributed by atoms with Crippen LogP contribution < -0.4 is 10.6 Å². The van der Waals surface area contributed by atoms with Gasteiger partial charge in [0.25, 0.3) is 0 Å². The minimum absolute atomic E-state index is 0.0434. The lowest BCUT2D eigenvalue weighted by Crippen LogP contribution is -2.50. The van der Waals surface area contributed by atoms with Crippen LogP contribution in [0.3, 0.4) is 0 Å². The number of benzene rings is 2. The fourth-order valence-corrected chi connectivity index (χ4v) is 3.44. The average molecular weight is 317 g/mol. The molecule has 0 aromatic heterocycles. The molecule has 0 saturated carbocycles. The topological polar surface area (TPSA) is 53.5 Å². The molecule has 1 fully saturated rings. The Kier molecular flexibility index (Phi) is 3.97. The Hall–Kier alpha value is -2.72. The lowest BCUT2D eigenvalue weighted by Gasteiger charge is -2.36. The zero-order valence-corrected chi connectivity index (χ0v) is 13.3. The van der Waals surface area contributed by atoms with Crippen LogP contribution in [-0.4, -0.2) is 24.8 Å². The first-order valence-electron chi connectivity index (χ1n) is 8.22. The molecule has 2 unspecified atom stereocenters. The fourth-order valence-electron chi connectivity index (χ4n) is 3.44. The molecule has 4 nitrogen and oxygen atoms in total. The van der Waals surface area contributed by atoms with E-state index in [1.165, 1.54) is 0 Å². The summed E-state index contributed by atoms with van der Waals surface area (Å²) < 4.78 is 0. The number of hydrogen-bond acceptors (Lipinski definition) is 2. The van der Waals surface area contributed by atoms with Crippen LogP contribution in [0.5, 0.6) is 0 Å². The highest BCUT2D eigenvalue weighted by atomic mass is 16.2. The molecule has 120 valence electrons. The molecule has 24 heavy (non-hydrogen) atoms. The van der Waals surface area contributed by atoms with Gasteiger partial charge in [0.05, 0.1) is 11.8 Å². The summed E-state index contributed by atoms with van der Waals surface area (Å²) in [6.07, 6.45) is 2.12. The van der Waals surface area contributed by atoms with Gasteiger partial charge in [-0.3, -0.25) is 0 Å². The SMILES string of the molecule is O=C1N=C2/C(=C/c3ccccc3)CNCC2C(c2ccccc2)N1. The maximum absolute atomic E-state index is 12.2. The Morgan fingerprint density at radius 2 is 1.71 bits per heavy atom. The molecule has 0 spiro atoms. The van der Waals surface area contributed by atoms with Crippen molar-refractivity contribution in [1.29, 1.82) is 0 Å². The molecule has 4 heteroatoms. The predicted octanol–water partition coefficient (Wildman–Crippen LogP) is 3.19. The third-order valence-electron chi connectivity index (χ3n) is 4.56. The number of hydrogen-bond donors (Lipinski definition) is 2. The number of nitrogens with one attached hydrogen (secondary N) is 2. The van der Waals surface area contributed by atoms with Gasteiger partial charge in [0, 0.05) is 19.0 Å². The van der Waals surface area contributed by atoms with E-state index in [0.717, 1.165) is 35.5 Å². The first-order valence-corrected chi connectivity index (χ1v) is 8.22. The van der Waals surface area contributed by atoms with E-state index in [9.17, 15) is 4.79 Å². The van der Waals surface area contributed by atoms with Gasteiger partial charge in [0.1, 0.15) is 0 Å². The van der Waals surface area contributed by atoms with Gasteiger partial charge in [0.2, 0.25) is 0 Å². The second-order valence-electron chi connectivity index (χ2n) is 6.15. The van der Waals surface area contributed by atoms with Gasteiger partial charge in [-0.05, 0) is 22.8 Å². The molecule has 2 N–H and O–H groups in total. The Labute approximate surface area is 141 Å². The van der Waals surface area contributed by atoms with Crippen LogP contribution in [0, 0.1) is 5.92 Å². The molecule has 2 atom stereocenters. The van der Waals surface area contributed by atoms with Crippen molar-refractivity contribution in [2.45, 2.75) is 6.04 Å². The van der Waals surface area contributed by atoms with Crippen LogP contribution in [0.2, 0.25) is 0 Å². The van der Waals surface area contributed by atoms with Crippen LogP contribution in [-0.2, 0) is 0 Å². The predicted molar refractivity (Wildman–Crippen MR) is 95.9 cm³/mol. The molecule has 2 amide bonds. The number of fused-ring (bicyclic) bond motifs is 1. The molecular weight excluding hydrogens is 298 g/mol. The molecule has 1 saturated heterocycles. The van der Waals surface area contributed by atoms with E-state index in [2.05, 4.69) is 46.0 Å². The van der Waals surface area contributed by atoms with Crippen LogP contribution in [0.1, 0.15) is 17.2 Å². The highest BCUT2D eigenvalue weighted by Gasteiger charge is 2.36. The van der Waals surface area contributed by atoms with E-state index in [1.807, 2.05) is 36.4 Å². The van der Waals surface area contributed by atoms with E-state index >= 15 is 0 Å². The van der Waals surface area contributed by atoms with Crippen molar-refractivity contribution >= 4 is 17.8 Å². The number of nitrogens with zero attached hydrogens (tertiary/aromatic N) is 1. The second-order valence-corrected chi connectivity index (χ2v) is 6.15.